The minimum absolute atomic E-state index is 0.127. The van der Waals surface area contributed by atoms with E-state index in [1.807, 2.05) is 0 Å². The number of nitro groups is 1. The molecule has 4 heteroatoms. The third kappa shape index (κ3) is 3.88. The molecule has 1 aromatic rings. The number of anilines is 1. The Morgan fingerprint density at radius 3 is 2.25 bits per heavy atom. The fourth-order valence-corrected chi connectivity index (χ4v) is 1.73. The van der Waals surface area contributed by atoms with E-state index in [-0.39, 0.29) is 10.6 Å². The summed E-state index contributed by atoms with van der Waals surface area (Å²) in [7, 11) is 0. The quantitative estimate of drug-likeness (QED) is 0.613. The second kappa shape index (κ2) is 5.49. The SMILES string of the molecule is CC(C)CC(C)Nc1ccc([N+](=O)[O-])cc1. The van der Waals surface area contributed by atoms with Crippen LogP contribution in [0.15, 0.2) is 24.3 Å². The molecule has 0 radical (unpaired) electrons. The van der Waals surface area contributed by atoms with Crippen LogP contribution in [0.5, 0.6) is 0 Å². The highest BCUT2D eigenvalue weighted by molar-refractivity contribution is 5.48. The fraction of sp³-hybridized carbons (Fsp3) is 0.500. The molecule has 0 heterocycles. The highest BCUT2D eigenvalue weighted by Crippen LogP contribution is 2.17. The van der Waals surface area contributed by atoms with Crippen LogP contribution < -0.4 is 5.32 Å². The highest BCUT2D eigenvalue weighted by Gasteiger charge is 2.07. The number of hydrogen-bond acceptors (Lipinski definition) is 3. The lowest BCUT2D eigenvalue weighted by Crippen LogP contribution is -2.17. The molecule has 88 valence electrons. The molecule has 1 N–H and O–H groups in total. The van der Waals surface area contributed by atoms with Gasteiger partial charge in [-0.15, -0.1) is 0 Å². The topological polar surface area (TPSA) is 55.2 Å². The van der Waals surface area contributed by atoms with Crippen molar-refractivity contribution in [2.24, 2.45) is 5.92 Å². The Morgan fingerprint density at radius 2 is 1.81 bits per heavy atom. The first kappa shape index (κ1) is 12.5. The molecule has 16 heavy (non-hydrogen) atoms. The van der Waals surface area contributed by atoms with Gasteiger partial charge in [-0.05, 0) is 31.4 Å². The molecular weight excluding hydrogens is 204 g/mol. The Kier molecular flexibility index (Phi) is 4.28. The lowest BCUT2D eigenvalue weighted by Gasteiger charge is -2.16. The Morgan fingerprint density at radius 1 is 1.25 bits per heavy atom. The van der Waals surface area contributed by atoms with Gasteiger partial charge < -0.3 is 5.32 Å². The van der Waals surface area contributed by atoms with Gasteiger partial charge in [-0.3, -0.25) is 10.1 Å². The zero-order valence-corrected chi connectivity index (χ0v) is 9.93. The minimum atomic E-state index is -0.388. The van der Waals surface area contributed by atoms with Gasteiger partial charge in [0.15, 0.2) is 0 Å². The average Bonchev–Trinajstić information content (AvgIpc) is 2.16. The van der Waals surface area contributed by atoms with Gasteiger partial charge >= 0.3 is 0 Å². The van der Waals surface area contributed by atoms with Crippen LogP contribution in [-0.4, -0.2) is 11.0 Å². The van der Waals surface area contributed by atoms with Crippen molar-refractivity contribution in [3.63, 3.8) is 0 Å². The molecule has 1 atom stereocenters. The number of nitrogens with zero attached hydrogens (tertiary/aromatic N) is 1. The maximum atomic E-state index is 10.5. The van der Waals surface area contributed by atoms with Gasteiger partial charge in [-0.1, -0.05) is 13.8 Å². The van der Waals surface area contributed by atoms with Gasteiger partial charge in [-0.25, -0.2) is 0 Å². The number of benzene rings is 1. The van der Waals surface area contributed by atoms with Crippen LogP contribution in [0.1, 0.15) is 27.2 Å². The van der Waals surface area contributed by atoms with Crippen molar-refractivity contribution < 1.29 is 4.92 Å². The molecule has 0 aliphatic rings. The first-order valence-corrected chi connectivity index (χ1v) is 5.50. The molecule has 0 aliphatic heterocycles. The molecule has 1 rings (SSSR count). The number of hydrogen-bond donors (Lipinski definition) is 1. The molecule has 0 saturated carbocycles. The van der Waals surface area contributed by atoms with E-state index >= 15 is 0 Å². The van der Waals surface area contributed by atoms with E-state index in [1.165, 1.54) is 12.1 Å². The molecular formula is C12H18N2O2. The van der Waals surface area contributed by atoms with Crippen LogP contribution in [0.4, 0.5) is 11.4 Å². The first-order chi connectivity index (χ1) is 7.49. The van der Waals surface area contributed by atoms with Crippen molar-refractivity contribution in [3.05, 3.63) is 34.4 Å². The molecule has 0 spiro atoms. The predicted molar refractivity (Wildman–Crippen MR) is 65.6 cm³/mol. The molecule has 0 fully saturated rings. The summed E-state index contributed by atoms with van der Waals surface area (Å²) in [4.78, 5) is 10.1. The van der Waals surface area contributed by atoms with Crippen molar-refractivity contribution in [2.75, 3.05) is 5.32 Å². The standard InChI is InChI=1S/C12H18N2O2/c1-9(2)8-10(3)13-11-4-6-12(7-5-11)14(15)16/h4-7,9-10,13H,8H2,1-3H3. The highest BCUT2D eigenvalue weighted by atomic mass is 16.6. The van der Waals surface area contributed by atoms with Crippen molar-refractivity contribution in [2.45, 2.75) is 33.2 Å². The van der Waals surface area contributed by atoms with Gasteiger partial charge in [0.05, 0.1) is 4.92 Å². The predicted octanol–water partition coefficient (Wildman–Crippen LogP) is 3.44. The number of non-ortho nitro benzene ring substituents is 1. The smallest absolute Gasteiger partial charge is 0.269 e. The normalized spacial score (nSPS) is 12.5. The fourth-order valence-electron chi connectivity index (χ4n) is 1.73. The zero-order valence-electron chi connectivity index (χ0n) is 9.93. The lowest BCUT2D eigenvalue weighted by atomic mass is 10.1. The summed E-state index contributed by atoms with van der Waals surface area (Å²) in [5.41, 5.74) is 1.06. The monoisotopic (exact) mass is 222 g/mol. The zero-order chi connectivity index (χ0) is 12.1. The maximum Gasteiger partial charge on any atom is 0.269 e. The van der Waals surface area contributed by atoms with E-state index in [4.69, 9.17) is 0 Å². The van der Waals surface area contributed by atoms with E-state index < -0.39 is 0 Å². The molecule has 0 aromatic heterocycles. The van der Waals surface area contributed by atoms with Gasteiger partial charge in [0.25, 0.3) is 5.69 Å². The van der Waals surface area contributed by atoms with Crippen LogP contribution in [0.3, 0.4) is 0 Å². The third-order valence-corrected chi connectivity index (χ3v) is 2.32. The van der Waals surface area contributed by atoms with Crippen molar-refractivity contribution in [1.82, 2.24) is 0 Å². The lowest BCUT2D eigenvalue weighted by molar-refractivity contribution is -0.384. The largest absolute Gasteiger partial charge is 0.383 e. The van der Waals surface area contributed by atoms with Gasteiger partial charge in [0.2, 0.25) is 0 Å². The molecule has 0 saturated heterocycles. The van der Waals surface area contributed by atoms with Crippen LogP contribution in [-0.2, 0) is 0 Å². The summed E-state index contributed by atoms with van der Waals surface area (Å²) >= 11 is 0. The number of rotatable bonds is 5. The summed E-state index contributed by atoms with van der Waals surface area (Å²) in [5.74, 6) is 0.639. The van der Waals surface area contributed by atoms with Crippen molar-refractivity contribution in [1.29, 1.82) is 0 Å². The molecule has 0 aliphatic carbocycles. The van der Waals surface area contributed by atoms with Crippen LogP contribution in [0, 0.1) is 16.0 Å². The van der Waals surface area contributed by atoms with E-state index in [0.29, 0.717) is 12.0 Å². The van der Waals surface area contributed by atoms with Gasteiger partial charge in [0, 0.05) is 23.9 Å². The minimum Gasteiger partial charge on any atom is -0.383 e. The van der Waals surface area contributed by atoms with Crippen molar-refractivity contribution in [3.8, 4) is 0 Å². The summed E-state index contributed by atoms with van der Waals surface area (Å²) in [6.45, 7) is 6.46. The molecule has 1 unspecified atom stereocenters. The van der Waals surface area contributed by atoms with E-state index in [0.717, 1.165) is 12.1 Å². The Hall–Kier alpha value is -1.58. The van der Waals surface area contributed by atoms with E-state index in [1.54, 1.807) is 12.1 Å². The van der Waals surface area contributed by atoms with Gasteiger partial charge in [0.1, 0.15) is 0 Å². The molecule has 0 amide bonds. The summed E-state index contributed by atoms with van der Waals surface area (Å²) in [6.07, 6.45) is 1.08. The Labute approximate surface area is 95.8 Å². The Bertz CT molecular complexity index is 347. The van der Waals surface area contributed by atoms with Crippen LogP contribution >= 0.6 is 0 Å². The molecule has 4 nitrogen and oxygen atoms in total. The summed E-state index contributed by atoms with van der Waals surface area (Å²) in [6, 6.07) is 6.90. The third-order valence-electron chi connectivity index (χ3n) is 2.32. The summed E-state index contributed by atoms with van der Waals surface area (Å²) < 4.78 is 0. The number of nitrogens with one attached hydrogen (secondary N) is 1. The second-order valence-electron chi connectivity index (χ2n) is 4.48. The van der Waals surface area contributed by atoms with Crippen LogP contribution in [0.2, 0.25) is 0 Å². The summed E-state index contributed by atoms with van der Waals surface area (Å²) in [5, 5.41) is 13.8. The average molecular weight is 222 g/mol. The second-order valence-corrected chi connectivity index (χ2v) is 4.48. The van der Waals surface area contributed by atoms with Crippen LogP contribution in [0.25, 0.3) is 0 Å². The van der Waals surface area contributed by atoms with E-state index in [9.17, 15) is 10.1 Å². The molecule has 0 bridgehead atoms. The first-order valence-electron chi connectivity index (χ1n) is 5.50. The van der Waals surface area contributed by atoms with Gasteiger partial charge in [-0.2, -0.15) is 0 Å². The number of nitro benzene ring substituents is 1. The van der Waals surface area contributed by atoms with E-state index in [2.05, 4.69) is 26.1 Å². The Balaban J connectivity index is 2.58. The van der Waals surface area contributed by atoms with Crippen molar-refractivity contribution >= 4 is 11.4 Å². The molecule has 1 aromatic carbocycles. The maximum absolute atomic E-state index is 10.5.